The number of benzene rings is 2. The van der Waals surface area contributed by atoms with E-state index in [1.165, 1.54) is 7.11 Å². The number of aromatic amines is 1. The second-order valence-corrected chi connectivity index (χ2v) is 5.74. The molecule has 0 radical (unpaired) electrons. The molecule has 0 atom stereocenters. The Morgan fingerprint density at radius 3 is 2.56 bits per heavy atom. The van der Waals surface area contributed by atoms with Gasteiger partial charge in [0, 0.05) is 11.1 Å². The fourth-order valence-electron chi connectivity index (χ4n) is 2.55. The van der Waals surface area contributed by atoms with Crippen LogP contribution in [0.1, 0.15) is 5.56 Å². The number of carbonyl (C=O) groups excluding carboxylic acids is 1. The van der Waals surface area contributed by atoms with Gasteiger partial charge in [-0.2, -0.15) is 5.10 Å². The number of anilines is 1. The van der Waals surface area contributed by atoms with E-state index in [4.69, 9.17) is 4.74 Å². The van der Waals surface area contributed by atoms with E-state index in [1.54, 1.807) is 6.92 Å². The van der Waals surface area contributed by atoms with Gasteiger partial charge < -0.3 is 14.8 Å². The van der Waals surface area contributed by atoms with Crippen molar-refractivity contribution in [2.45, 2.75) is 6.92 Å². The molecular weight excluding hydrogens is 346 g/mol. The second kappa shape index (κ2) is 8.18. The summed E-state index contributed by atoms with van der Waals surface area (Å²) in [5.41, 5.74) is 1.68. The van der Waals surface area contributed by atoms with Crippen molar-refractivity contribution in [1.82, 2.24) is 10.2 Å². The molecule has 3 aromatic rings. The monoisotopic (exact) mass is 365 g/mol. The summed E-state index contributed by atoms with van der Waals surface area (Å²) in [6.07, 6.45) is 0. The van der Waals surface area contributed by atoms with Gasteiger partial charge in [-0.05, 0) is 31.2 Å². The predicted molar refractivity (Wildman–Crippen MR) is 102 cm³/mol. The van der Waals surface area contributed by atoms with Crippen LogP contribution in [0.25, 0.3) is 11.3 Å². The number of H-pyrrole nitrogens is 1. The summed E-state index contributed by atoms with van der Waals surface area (Å²) in [6.45, 7) is 1.57. The summed E-state index contributed by atoms with van der Waals surface area (Å²) < 4.78 is 10.6. The smallest absolute Gasteiger partial charge is 0.325 e. The Kier molecular flexibility index (Phi) is 5.51. The molecular formula is C20H19N3O4. The summed E-state index contributed by atoms with van der Waals surface area (Å²) in [4.78, 5) is 23.5. The zero-order chi connectivity index (χ0) is 19.2. The molecule has 7 nitrogen and oxygen atoms in total. The molecule has 2 aromatic carbocycles. The van der Waals surface area contributed by atoms with Crippen molar-refractivity contribution in [3.63, 3.8) is 0 Å². The lowest BCUT2D eigenvalue weighted by molar-refractivity contribution is -0.138. The highest BCUT2D eigenvalue weighted by Crippen LogP contribution is 2.36. The fourth-order valence-corrected chi connectivity index (χ4v) is 2.55. The Morgan fingerprint density at radius 2 is 1.81 bits per heavy atom. The molecule has 0 bridgehead atoms. The van der Waals surface area contributed by atoms with Crippen LogP contribution >= 0.6 is 0 Å². The third kappa shape index (κ3) is 4.14. The first-order valence-corrected chi connectivity index (χ1v) is 8.32. The third-order valence-corrected chi connectivity index (χ3v) is 3.97. The molecule has 0 amide bonds. The molecule has 0 aliphatic carbocycles. The zero-order valence-corrected chi connectivity index (χ0v) is 15.0. The fraction of sp³-hybridized carbons (Fsp3) is 0.150. The minimum Gasteiger partial charge on any atom is -0.468 e. The molecule has 27 heavy (non-hydrogen) atoms. The van der Waals surface area contributed by atoms with Gasteiger partial charge in [0.25, 0.3) is 5.56 Å². The first kappa shape index (κ1) is 18.2. The average molecular weight is 365 g/mol. The van der Waals surface area contributed by atoms with Crippen molar-refractivity contribution in [3.05, 3.63) is 70.5 Å². The number of hydrogen-bond donors (Lipinski definition) is 2. The van der Waals surface area contributed by atoms with Crippen LogP contribution in [0.2, 0.25) is 0 Å². The van der Waals surface area contributed by atoms with Crippen molar-refractivity contribution >= 4 is 11.7 Å². The number of ether oxygens (including phenoxy) is 2. The molecule has 0 fully saturated rings. The SMILES string of the molecule is COC(=O)CNc1c(-c2ccccc2Oc2ccccc2)n[nH]c(=O)c1C. The van der Waals surface area contributed by atoms with Crippen LogP contribution in [-0.2, 0) is 9.53 Å². The Bertz CT molecular complexity index is 1000. The Morgan fingerprint density at radius 1 is 1.11 bits per heavy atom. The van der Waals surface area contributed by atoms with E-state index in [-0.39, 0.29) is 12.1 Å². The van der Waals surface area contributed by atoms with E-state index in [0.717, 1.165) is 0 Å². The second-order valence-electron chi connectivity index (χ2n) is 5.74. The lowest BCUT2D eigenvalue weighted by Crippen LogP contribution is -2.21. The quantitative estimate of drug-likeness (QED) is 0.652. The largest absolute Gasteiger partial charge is 0.468 e. The number of nitrogens with one attached hydrogen (secondary N) is 2. The molecule has 138 valence electrons. The molecule has 7 heteroatoms. The lowest BCUT2D eigenvalue weighted by Gasteiger charge is -2.15. The van der Waals surface area contributed by atoms with Gasteiger partial charge in [0.05, 0.1) is 12.8 Å². The molecule has 1 heterocycles. The van der Waals surface area contributed by atoms with Gasteiger partial charge in [-0.1, -0.05) is 30.3 Å². The van der Waals surface area contributed by atoms with Crippen LogP contribution in [0.5, 0.6) is 11.5 Å². The normalized spacial score (nSPS) is 10.3. The van der Waals surface area contributed by atoms with Gasteiger partial charge in [-0.3, -0.25) is 9.59 Å². The number of esters is 1. The van der Waals surface area contributed by atoms with E-state index in [1.807, 2.05) is 54.6 Å². The van der Waals surface area contributed by atoms with E-state index in [2.05, 4.69) is 20.3 Å². The van der Waals surface area contributed by atoms with Crippen LogP contribution in [0, 0.1) is 6.92 Å². The van der Waals surface area contributed by atoms with Gasteiger partial charge in [0.1, 0.15) is 23.7 Å². The van der Waals surface area contributed by atoms with E-state index >= 15 is 0 Å². The predicted octanol–water partition coefficient (Wildman–Crippen LogP) is 3.12. The maximum absolute atomic E-state index is 12.0. The molecule has 0 saturated heterocycles. The number of methoxy groups -OCH3 is 1. The summed E-state index contributed by atoms with van der Waals surface area (Å²) in [7, 11) is 1.30. The van der Waals surface area contributed by atoms with Crippen LogP contribution < -0.4 is 15.6 Å². The summed E-state index contributed by atoms with van der Waals surface area (Å²) in [6, 6.07) is 16.7. The Labute approximate surface area is 156 Å². The molecule has 0 unspecified atom stereocenters. The standard InChI is InChI=1S/C20H19N3O4/c1-13-18(21-12-17(24)26-2)19(22-23-20(13)25)15-10-6-7-11-16(15)27-14-8-4-3-5-9-14/h3-11H,12H2,1-2H3,(H2,21,23,25). The number of hydrogen-bond acceptors (Lipinski definition) is 6. The molecule has 0 spiro atoms. The molecule has 2 N–H and O–H groups in total. The van der Waals surface area contributed by atoms with Crippen molar-refractivity contribution < 1.29 is 14.3 Å². The first-order chi connectivity index (χ1) is 13.1. The maximum Gasteiger partial charge on any atom is 0.325 e. The number of carbonyl (C=O) groups is 1. The van der Waals surface area contributed by atoms with Crippen molar-refractivity contribution in [2.24, 2.45) is 0 Å². The number of nitrogens with zero attached hydrogens (tertiary/aromatic N) is 1. The highest BCUT2D eigenvalue weighted by molar-refractivity contribution is 5.83. The zero-order valence-electron chi connectivity index (χ0n) is 15.0. The van der Waals surface area contributed by atoms with E-state index in [9.17, 15) is 9.59 Å². The first-order valence-electron chi connectivity index (χ1n) is 8.32. The Balaban J connectivity index is 2.05. The van der Waals surface area contributed by atoms with Crippen molar-refractivity contribution in [2.75, 3.05) is 19.0 Å². The van der Waals surface area contributed by atoms with Crippen molar-refractivity contribution in [3.8, 4) is 22.8 Å². The summed E-state index contributed by atoms with van der Waals surface area (Å²) in [5.74, 6) is 0.799. The number of aromatic nitrogens is 2. The van der Waals surface area contributed by atoms with Gasteiger partial charge in [0.2, 0.25) is 0 Å². The van der Waals surface area contributed by atoms with Crippen LogP contribution in [-0.4, -0.2) is 29.8 Å². The minimum absolute atomic E-state index is 0.0861. The summed E-state index contributed by atoms with van der Waals surface area (Å²) >= 11 is 0. The van der Waals surface area contributed by atoms with Gasteiger partial charge >= 0.3 is 5.97 Å². The third-order valence-electron chi connectivity index (χ3n) is 3.97. The van der Waals surface area contributed by atoms with E-state index < -0.39 is 5.97 Å². The number of para-hydroxylation sites is 2. The Hall–Kier alpha value is -3.61. The highest BCUT2D eigenvalue weighted by Gasteiger charge is 2.17. The van der Waals surface area contributed by atoms with Crippen molar-refractivity contribution in [1.29, 1.82) is 0 Å². The average Bonchev–Trinajstić information content (AvgIpc) is 2.70. The molecule has 1 aromatic heterocycles. The number of rotatable bonds is 6. The van der Waals surface area contributed by atoms with Crippen LogP contribution in [0.4, 0.5) is 5.69 Å². The van der Waals surface area contributed by atoms with Gasteiger partial charge in [0.15, 0.2) is 0 Å². The molecule has 0 aliphatic heterocycles. The summed E-state index contributed by atoms with van der Waals surface area (Å²) in [5, 5.41) is 9.62. The van der Waals surface area contributed by atoms with Crippen LogP contribution in [0.15, 0.2) is 59.4 Å². The molecule has 3 rings (SSSR count). The molecule has 0 aliphatic rings. The van der Waals surface area contributed by atoms with E-state index in [0.29, 0.717) is 34.0 Å². The van der Waals surface area contributed by atoms with Gasteiger partial charge in [-0.15, -0.1) is 0 Å². The van der Waals surface area contributed by atoms with Crippen LogP contribution in [0.3, 0.4) is 0 Å². The minimum atomic E-state index is -0.450. The highest BCUT2D eigenvalue weighted by atomic mass is 16.5. The lowest BCUT2D eigenvalue weighted by atomic mass is 10.1. The topological polar surface area (TPSA) is 93.3 Å². The molecule has 0 saturated carbocycles. The maximum atomic E-state index is 12.0. The van der Waals surface area contributed by atoms with Gasteiger partial charge in [-0.25, -0.2) is 5.10 Å².